The second-order valence-electron chi connectivity index (χ2n) is 8.29. The van der Waals surface area contributed by atoms with E-state index in [1.807, 2.05) is 6.07 Å². The molecule has 0 spiro atoms. The fraction of sp³-hybridized carbons (Fsp3) is 0.360. The number of rotatable bonds is 8. The van der Waals surface area contributed by atoms with Crippen molar-refractivity contribution in [1.82, 2.24) is 4.57 Å². The topological polar surface area (TPSA) is 9.37 Å². The Morgan fingerprint density at radius 3 is 2.36 bits per heavy atom. The van der Waals surface area contributed by atoms with Crippen LogP contribution in [0.25, 0.3) is 0 Å². The van der Waals surface area contributed by atoms with Crippen molar-refractivity contribution < 1.29 is 4.90 Å². The maximum atomic E-state index is 6.23. The molecule has 2 atom stereocenters. The quantitative estimate of drug-likeness (QED) is 0.541. The summed E-state index contributed by atoms with van der Waals surface area (Å²) in [6.45, 7) is 12.0. The van der Waals surface area contributed by atoms with Crippen LogP contribution in [0, 0.1) is 12.8 Å². The van der Waals surface area contributed by atoms with Crippen LogP contribution in [0.1, 0.15) is 43.2 Å². The SMILES string of the molecule is Cc1cccc(Cn2cccc2C[NH+](Cc2cccc(Cl)c2)[C@@H](C)C(C)C)c1. The lowest BCUT2D eigenvalue weighted by Crippen LogP contribution is -3.13. The van der Waals surface area contributed by atoms with Crippen LogP contribution < -0.4 is 4.90 Å². The lowest BCUT2D eigenvalue weighted by Gasteiger charge is -2.29. The fourth-order valence-electron chi connectivity index (χ4n) is 3.77. The molecule has 28 heavy (non-hydrogen) atoms. The third-order valence-electron chi connectivity index (χ3n) is 5.73. The summed E-state index contributed by atoms with van der Waals surface area (Å²) in [6.07, 6.45) is 2.20. The number of benzene rings is 2. The first-order valence-electron chi connectivity index (χ1n) is 10.2. The number of nitrogens with zero attached hydrogens (tertiary/aromatic N) is 1. The molecule has 1 heterocycles. The molecule has 3 heteroatoms. The van der Waals surface area contributed by atoms with E-state index < -0.39 is 0 Å². The summed E-state index contributed by atoms with van der Waals surface area (Å²) in [7, 11) is 0. The fourth-order valence-corrected chi connectivity index (χ4v) is 3.98. The molecule has 0 bridgehead atoms. The number of hydrogen-bond acceptors (Lipinski definition) is 0. The van der Waals surface area contributed by atoms with Gasteiger partial charge in [-0.15, -0.1) is 0 Å². The van der Waals surface area contributed by atoms with Crippen LogP contribution in [-0.4, -0.2) is 10.6 Å². The van der Waals surface area contributed by atoms with E-state index in [4.69, 9.17) is 11.6 Å². The van der Waals surface area contributed by atoms with Gasteiger partial charge in [-0.3, -0.25) is 0 Å². The lowest BCUT2D eigenvalue weighted by molar-refractivity contribution is -0.954. The highest BCUT2D eigenvalue weighted by Gasteiger charge is 2.23. The smallest absolute Gasteiger partial charge is 0.118 e. The standard InChI is InChI=1S/C25H31ClN2/c1-19(2)21(4)28(17-23-10-6-11-24(26)15-23)18-25-12-7-13-27(25)16-22-9-5-8-20(3)14-22/h5-15,19,21H,16-18H2,1-4H3/p+1/t21-/m0/s1. The Kier molecular flexibility index (Phi) is 6.98. The largest absolute Gasteiger partial charge is 0.342 e. The normalized spacial score (nSPS) is 13.6. The second-order valence-corrected chi connectivity index (χ2v) is 8.73. The van der Waals surface area contributed by atoms with Crippen molar-refractivity contribution in [2.45, 2.75) is 53.4 Å². The molecule has 2 nitrogen and oxygen atoms in total. The molecule has 1 aromatic heterocycles. The predicted octanol–water partition coefficient (Wildman–Crippen LogP) is 5.13. The van der Waals surface area contributed by atoms with E-state index in [-0.39, 0.29) is 0 Å². The molecule has 148 valence electrons. The molecular weight excluding hydrogens is 364 g/mol. The van der Waals surface area contributed by atoms with Gasteiger partial charge in [0.15, 0.2) is 0 Å². The van der Waals surface area contributed by atoms with Crippen molar-refractivity contribution in [2.24, 2.45) is 5.92 Å². The van der Waals surface area contributed by atoms with Gasteiger partial charge in [-0.2, -0.15) is 0 Å². The van der Waals surface area contributed by atoms with Gasteiger partial charge >= 0.3 is 0 Å². The van der Waals surface area contributed by atoms with Gasteiger partial charge in [0.2, 0.25) is 0 Å². The number of hydrogen-bond donors (Lipinski definition) is 1. The lowest BCUT2D eigenvalue weighted by atomic mass is 10.0. The highest BCUT2D eigenvalue weighted by molar-refractivity contribution is 6.30. The van der Waals surface area contributed by atoms with Gasteiger partial charge in [-0.05, 0) is 43.7 Å². The summed E-state index contributed by atoms with van der Waals surface area (Å²) in [6, 6.07) is 22.1. The van der Waals surface area contributed by atoms with E-state index in [9.17, 15) is 0 Å². The van der Waals surface area contributed by atoms with Crippen molar-refractivity contribution in [2.75, 3.05) is 0 Å². The highest BCUT2D eigenvalue weighted by Crippen LogP contribution is 2.12. The maximum absolute atomic E-state index is 6.23. The Balaban J connectivity index is 1.80. The Bertz CT molecular complexity index is 897. The molecule has 3 rings (SSSR count). The van der Waals surface area contributed by atoms with Crippen LogP contribution in [0.2, 0.25) is 5.02 Å². The molecule has 0 fully saturated rings. The average Bonchev–Trinajstić information content (AvgIpc) is 3.07. The van der Waals surface area contributed by atoms with Gasteiger partial charge < -0.3 is 9.47 Å². The maximum Gasteiger partial charge on any atom is 0.118 e. The Labute approximate surface area is 174 Å². The first-order chi connectivity index (χ1) is 13.4. The third-order valence-corrected chi connectivity index (χ3v) is 5.97. The summed E-state index contributed by atoms with van der Waals surface area (Å²) >= 11 is 6.23. The Hall–Kier alpha value is -2.03. The Morgan fingerprint density at radius 1 is 0.893 bits per heavy atom. The number of nitrogens with one attached hydrogen (secondary N) is 1. The number of aryl methyl sites for hydroxylation is 1. The van der Waals surface area contributed by atoms with Gasteiger partial charge in [-0.25, -0.2) is 0 Å². The van der Waals surface area contributed by atoms with Gasteiger partial charge in [0.05, 0.1) is 11.7 Å². The zero-order chi connectivity index (χ0) is 20.1. The molecule has 0 aliphatic carbocycles. The van der Waals surface area contributed by atoms with E-state index in [2.05, 4.69) is 93.1 Å². The molecule has 1 N–H and O–H groups in total. The number of aromatic nitrogens is 1. The second kappa shape index (κ2) is 9.45. The Morgan fingerprint density at radius 2 is 1.64 bits per heavy atom. The summed E-state index contributed by atoms with van der Waals surface area (Å²) in [5.74, 6) is 0.620. The molecule has 3 aromatic rings. The molecule has 1 unspecified atom stereocenters. The minimum absolute atomic E-state index is 0.557. The van der Waals surface area contributed by atoms with Crippen LogP contribution in [0.4, 0.5) is 0 Å². The molecular formula is C25H32ClN2+. The van der Waals surface area contributed by atoms with Crippen molar-refractivity contribution in [1.29, 1.82) is 0 Å². The van der Waals surface area contributed by atoms with Crippen LogP contribution in [-0.2, 0) is 19.6 Å². The van der Waals surface area contributed by atoms with E-state index in [0.29, 0.717) is 12.0 Å². The zero-order valence-electron chi connectivity index (χ0n) is 17.5. The minimum Gasteiger partial charge on any atom is -0.342 e. The summed E-state index contributed by atoms with van der Waals surface area (Å²) in [5.41, 5.74) is 5.34. The minimum atomic E-state index is 0.557. The third kappa shape index (κ3) is 5.50. The van der Waals surface area contributed by atoms with E-state index in [0.717, 1.165) is 24.7 Å². The first kappa shape index (κ1) is 20.7. The van der Waals surface area contributed by atoms with Gasteiger partial charge in [-0.1, -0.05) is 67.4 Å². The molecule has 0 saturated carbocycles. The molecule has 2 aromatic carbocycles. The van der Waals surface area contributed by atoms with Crippen LogP contribution in [0.15, 0.2) is 66.9 Å². The van der Waals surface area contributed by atoms with Crippen molar-refractivity contribution >= 4 is 11.6 Å². The summed E-state index contributed by atoms with van der Waals surface area (Å²) in [5, 5.41) is 0.817. The average molecular weight is 396 g/mol. The molecule has 0 aliphatic heterocycles. The molecule has 0 radical (unpaired) electrons. The van der Waals surface area contributed by atoms with Gasteiger partial charge in [0.25, 0.3) is 0 Å². The van der Waals surface area contributed by atoms with Crippen molar-refractivity contribution in [3.63, 3.8) is 0 Å². The highest BCUT2D eigenvalue weighted by atomic mass is 35.5. The number of quaternary nitrogens is 1. The van der Waals surface area contributed by atoms with E-state index in [1.54, 1.807) is 4.90 Å². The first-order valence-corrected chi connectivity index (χ1v) is 10.6. The molecule has 0 amide bonds. The molecule has 0 aliphatic rings. The van der Waals surface area contributed by atoms with Crippen molar-refractivity contribution in [3.05, 3.63) is 94.3 Å². The van der Waals surface area contributed by atoms with Gasteiger partial charge in [0, 0.05) is 29.2 Å². The van der Waals surface area contributed by atoms with Crippen LogP contribution >= 0.6 is 11.6 Å². The van der Waals surface area contributed by atoms with E-state index >= 15 is 0 Å². The summed E-state index contributed by atoms with van der Waals surface area (Å²) < 4.78 is 2.39. The number of halogens is 1. The van der Waals surface area contributed by atoms with Crippen LogP contribution in [0.5, 0.6) is 0 Å². The van der Waals surface area contributed by atoms with Crippen LogP contribution in [0.3, 0.4) is 0 Å². The zero-order valence-corrected chi connectivity index (χ0v) is 18.2. The van der Waals surface area contributed by atoms with Gasteiger partial charge in [0.1, 0.15) is 13.1 Å². The molecule has 0 saturated heterocycles. The monoisotopic (exact) mass is 395 g/mol. The van der Waals surface area contributed by atoms with E-state index in [1.165, 1.54) is 22.4 Å². The van der Waals surface area contributed by atoms with Crippen molar-refractivity contribution in [3.8, 4) is 0 Å². The summed E-state index contributed by atoms with van der Waals surface area (Å²) in [4.78, 5) is 1.57. The predicted molar refractivity (Wildman–Crippen MR) is 119 cm³/mol.